The van der Waals surface area contributed by atoms with Crippen molar-refractivity contribution in [2.75, 3.05) is 0 Å². The van der Waals surface area contributed by atoms with Crippen LogP contribution in [0.1, 0.15) is 0 Å². The van der Waals surface area contributed by atoms with E-state index < -0.39 is 20.7 Å². The molecule has 2 heterocycles. The van der Waals surface area contributed by atoms with E-state index in [0.717, 1.165) is 5.39 Å². The van der Waals surface area contributed by atoms with Crippen LogP contribution in [0.4, 0.5) is 5.69 Å². The second-order valence-electron chi connectivity index (χ2n) is 3.88. The monoisotopic (exact) mass is 326 g/mol. The Kier molecular flexibility index (Phi) is 4.66. The fourth-order valence-electron chi connectivity index (χ4n) is 1.91. The molecule has 0 aliphatic rings. The van der Waals surface area contributed by atoms with E-state index in [1.807, 2.05) is 0 Å². The fraction of sp³-hybridized carbons (Fsp3) is 0. The number of rotatable bonds is 1. The third kappa shape index (κ3) is 3.44. The number of non-ortho nitro benzene ring substituents is 1. The number of nitrogens with zero attached hydrogens (tertiary/aromatic N) is 3. The molecule has 9 heteroatoms. The van der Waals surface area contributed by atoms with E-state index in [1.165, 1.54) is 6.07 Å². The van der Waals surface area contributed by atoms with Gasteiger partial charge in [0.2, 0.25) is 0 Å². The van der Waals surface area contributed by atoms with Crippen LogP contribution >= 0.6 is 0 Å². The molecular weight excluding hydrogens is 317 g/mol. The summed E-state index contributed by atoms with van der Waals surface area (Å²) in [7, 11) is 0. The molecule has 2 N–H and O–H groups in total. The molecule has 0 saturated carbocycles. The fourth-order valence-corrected chi connectivity index (χ4v) is 1.91. The average molecular weight is 326 g/mol. The van der Waals surface area contributed by atoms with Crippen LogP contribution in [0.25, 0.3) is 21.8 Å². The van der Waals surface area contributed by atoms with Crippen LogP contribution < -0.4 is 0 Å². The van der Waals surface area contributed by atoms with Crippen molar-refractivity contribution in [1.29, 1.82) is 0 Å². The summed E-state index contributed by atoms with van der Waals surface area (Å²) in [5, 5.41) is 12.3. The van der Waals surface area contributed by atoms with E-state index >= 15 is 0 Å². The quantitative estimate of drug-likeness (QED) is 0.394. The summed E-state index contributed by atoms with van der Waals surface area (Å²) in [6.45, 7) is 0. The predicted molar refractivity (Wildman–Crippen MR) is 68.8 cm³/mol. The summed E-state index contributed by atoms with van der Waals surface area (Å²) < 4.78 is 23.2. The van der Waals surface area contributed by atoms with Gasteiger partial charge < -0.3 is 0 Å². The van der Waals surface area contributed by atoms with E-state index in [9.17, 15) is 10.1 Å². The van der Waals surface area contributed by atoms with E-state index in [0.29, 0.717) is 16.4 Å². The molecule has 1 aromatic carbocycles. The Bertz CT molecular complexity index is 835. The van der Waals surface area contributed by atoms with Gasteiger partial charge in [-0.25, -0.2) is 0 Å². The third-order valence-electron chi connectivity index (χ3n) is 2.64. The molecular formula is C12H9N3O5V. The van der Waals surface area contributed by atoms with Crippen LogP contribution in [0.3, 0.4) is 0 Å². The number of benzene rings is 1. The SMILES string of the molecule is O=[N+]([O-])c1cc2cccnc2c2ncccc12.[O]=[V]([OH])[OH]. The standard InChI is InChI=1S/C12H7N3O2.2H2O.O.V/c16-15(17)10-7-8-3-1-5-13-11(8)12-9(10)4-2-6-14-12;;;;/h1-7H;2*1H2;;/q;;;;+2/p-2. The van der Waals surface area contributed by atoms with Crippen molar-refractivity contribution in [3.05, 3.63) is 52.8 Å². The number of nitro groups is 1. The zero-order valence-corrected chi connectivity index (χ0v) is 11.8. The van der Waals surface area contributed by atoms with Gasteiger partial charge in [-0.3, -0.25) is 20.1 Å². The number of fused-ring (bicyclic) bond motifs is 3. The van der Waals surface area contributed by atoms with Gasteiger partial charge in [0.15, 0.2) is 0 Å². The summed E-state index contributed by atoms with van der Waals surface area (Å²) >= 11 is -3.44. The molecule has 8 nitrogen and oxygen atoms in total. The summed E-state index contributed by atoms with van der Waals surface area (Å²) in [4.78, 5) is 19.0. The first-order valence-corrected chi connectivity index (χ1v) is 7.44. The van der Waals surface area contributed by atoms with Gasteiger partial charge in [-0.15, -0.1) is 0 Å². The molecule has 0 spiro atoms. The van der Waals surface area contributed by atoms with Crippen molar-refractivity contribution < 1.29 is 32.5 Å². The van der Waals surface area contributed by atoms with Crippen molar-refractivity contribution >= 4 is 27.5 Å². The Hall–Kier alpha value is -2.26. The summed E-state index contributed by atoms with van der Waals surface area (Å²) in [6.07, 6.45) is 3.27. The molecule has 107 valence electrons. The number of hydrogen-bond donors (Lipinski definition) is 2. The van der Waals surface area contributed by atoms with Crippen LogP contribution in [-0.4, -0.2) is 23.0 Å². The zero-order valence-electron chi connectivity index (χ0n) is 10.4. The van der Waals surface area contributed by atoms with Crippen LogP contribution in [-0.2, 0) is 19.5 Å². The maximum atomic E-state index is 11.0. The van der Waals surface area contributed by atoms with Crippen molar-refractivity contribution in [2.45, 2.75) is 0 Å². The van der Waals surface area contributed by atoms with Gasteiger partial charge in [-0.05, 0) is 18.2 Å². The third-order valence-corrected chi connectivity index (χ3v) is 2.64. The molecule has 0 unspecified atom stereocenters. The van der Waals surface area contributed by atoms with Gasteiger partial charge in [0.25, 0.3) is 5.69 Å². The molecule has 0 amide bonds. The summed E-state index contributed by atoms with van der Waals surface area (Å²) in [5.74, 6) is 0. The maximum absolute atomic E-state index is 11.0. The molecule has 0 aliphatic heterocycles. The molecule has 0 radical (unpaired) electrons. The van der Waals surface area contributed by atoms with Gasteiger partial charge in [-0.2, -0.15) is 0 Å². The molecule has 21 heavy (non-hydrogen) atoms. The topological polar surface area (TPSA) is 126 Å². The van der Waals surface area contributed by atoms with Crippen molar-refractivity contribution in [1.82, 2.24) is 9.97 Å². The number of pyridine rings is 2. The first-order chi connectivity index (χ1) is 10.0. The van der Waals surface area contributed by atoms with Crippen LogP contribution in [0.15, 0.2) is 42.7 Å². The van der Waals surface area contributed by atoms with E-state index in [2.05, 4.69) is 9.97 Å². The van der Waals surface area contributed by atoms with Crippen LogP contribution in [0.5, 0.6) is 0 Å². The van der Waals surface area contributed by atoms with Crippen molar-refractivity contribution in [3.63, 3.8) is 0 Å². The van der Waals surface area contributed by atoms with Crippen LogP contribution in [0, 0.1) is 10.1 Å². The van der Waals surface area contributed by atoms with Gasteiger partial charge in [0.05, 0.1) is 15.8 Å². The van der Waals surface area contributed by atoms with Gasteiger partial charge >= 0.3 is 27.5 Å². The van der Waals surface area contributed by atoms with Gasteiger partial charge in [0, 0.05) is 23.8 Å². The summed E-state index contributed by atoms with van der Waals surface area (Å²) in [6, 6.07) is 8.45. The van der Waals surface area contributed by atoms with E-state index in [1.54, 1.807) is 36.7 Å². The second kappa shape index (κ2) is 6.46. The normalized spacial score (nSPS) is 10.0. The van der Waals surface area contributed by atoms with Gasteiger partial charge in [0.1, 0.15) is 5.52 Å². The van der Waals surface area contributed by atoms with Crippen LogP contribution in [0.2, 0.25) is 0 Å². The van der Waals surface area contributed by atoms with Crippen molar-refractivity contribution in [3.8, 4) is 0 Å². The van der Waals surface area contributed by atoms with E-state index in [-0.39, 0.29) is 5.69 Å². The Morgan fingerprint density at radius 1 is 1.10 bits per heavy atom. The Morgan fingerprint density at radius 2 is 1.67 bits per heavy atom. The molecule has 0 saturated heterocycles. The zero-order chi connectivity index (χ0) is 15.4. The predicted octanol–water partition coefficient (Wildman–Crippen LogP) is 1.46. The molecule has 0 bridgehead atoms. The summed E-state index contributed by atoms with van der Waals surface area (Å²) in [5.41, 5.74) is 1.32. The molecule has 3 rings (SSSR count). The second-order valence-corrected chi connectivity index (χ2v) is 4.67. The molecule has 3 aromatic rings. The molecule has 0 aliphatic carbocycles. The Balaban J connectivity index is 0.000000361. The molecule has 2 aromatic heterocycles. The molecule has 0 fully saturated rings. The Labute approximate surface area is 123 Å². The van der Waals surface area contributed by atoms with E-state index in [4.69, 9.17) is 11.7 Å². The Morgan fingerprint density at radius 3 is 2.29 bits per heavy atom. The van der Waals surface area contributed by atoms with Gasteiger partial charge in [-0.1, -0.05) is 6.07 Å². The first-order valence-electron chi connectivity index (χ1n) is 5.62. The minimum atomic E-state index is -3.44. The number of aromatic nitrogens is 2. The molecule has 0 atom stereocenters. The van der Waals surface area contributed by atoms with Crippen molar-refractivity contribution in [2.24, 2.45) is 0 Å². The first kappa shape index (κ1) is 15.1. The minimum absolute atomic E-state index is 0.0635. The number of nitro benzene ring substituents is 1. The average Bonchev–Trinajstić information content (AvgIpc) is 2.45. The number of hydrogen-bond acceptors (Lipinski definition) is 5.